The molecule has 4 heterocycles. The zero-order valence-electron chi connectivity index (χ0n) is 18.0. The number of nitrogens with zero attached hydrogens (tertiary/aromatic N) is 5. The highest BCUT2D eigenvalue weighted by Crippen LogP contribution is 2.32. The Morgan fingerprint density at radius 3 is 2.45 bits per heavy atom. The van der Waals surface area contributed by atoms with Gasteiger partial charge >= 0.3 is 0 Å². The zero-order chi connectivity index (χ0) is 20.4. The van der Waals surface area contributed by atoms with Crippen LogP contribution in [0.1, 0.15) is 63.9 Å². The maximum atomic E-state index is 12.7. The van der Waals surface area contributed by atoms with Gasteiger partial charge in [-0.15, -0.1) is 0 Å². The molecule has 0 aromatic carbocycles. The van der Waals surface area contributed by atoms with E-state index < -0.39 is 0 Å². The highest BCUT2D eigenvalue weighted by Gasteiger charge is 2.27. The van der Waals surface area contributed by atoms with Crippen molar-refractivity contribution < 1.29 is 9.32 Å². The van der Waals surface area contributed by atoms with Crippen molar-refractivity contribution >= 4 is 22.8 Å². The molecule has 1 amide bonds. The highest BCUT2D eigenvalue weighted by molar-refractivity contribution is 5.88. The van der Waals surface area contributed by atoms with Gasteiger partial charge in [0.25, 0.3) is 5.71 Å². The molecule has 0 radical (unpaired) electrons. The summed E-state index contributed by atoms with van der Waals surface area (Å²) in [5.41, 5.74) is 1.36. The number of hydrogen-bond acceptors (Lipinski definition) is 6. The average Bonchev–Trinajstić information content (AvgIpc) is 2.90. The predicted octanol–water partition coefficient (Wildman–Crippen LogP) is 3.74. The Hall–Kier alpha value is -2.18. The minimum Gasteiger partial charge on any atom is -0.355 e. The SMILES string of the molecule is Cc1noc2nc(CCC(=O)N3CCCCCC3)nc(N3CC(C)CC(C)C3)c12. The third-order valence-electron chi connectivity index (χ3n) is 6.22. The van der Waals surface area contributed by atoms with Crippen LogP contribution in [0.3, 0.4) is 0 Å². The lowest BCUT2D eigenvalue weighted by Crippen LogP contribution is -2.39. The highest BCUT2D eigenvalue weighted by atomic mass is 16.5. The van der Waals surface area contributed by atoms with E-state index in [2.05, 4.69) is 28.9 Å². The molecule has 29 heavy (non-hydrogen) atoms. The summed E-state index contributed by atoms with van der Waals surface area (Å²) in [5, 5.41) is 5.04. The van der Waals surface area contributed by atoms with Gasteiger partial charge in [0.1, 0.15) is 17.0 Å². The molecule has 2 fully saturated rings. The van der Waals surface area contributed by atoms with Crippen LogP contribution in [0.5, 0.6) is 0 Å². The van der Waals surface area contributed by atoms with Gasteiger partial charge in [-0.2, -0.15) is 4.98 Å². The summed E-state index contributed by atoms with van der Waals surface area (Å²) in [7, 11) is 0. The molecule has 2 atom stereocenters. The van der Waals surface area contributed by atoms with Gasteiger partial charge in [0.2, 0.25) is 5.91 Å². The molecule has 0 bridgehead atoms. The number of carbonyl (C=O) groups excluding carboxylic acids is 1. The van der Waals surface area contributed by atoms with Crippen LogP contribution in [0.25, 0.3) is 11.1 Å². The molecule has 0 saturated carbocycles. The number of likely N-dealkylation sites (tertiary alicyclic amines) is 1. The van der Waals surface area contributed by atoms with E-state index in [1.165, 1.54) is 19.3 Å². The molecule has 2 unspecified atom stereocenters. The fourth-order valence-electron chi connectivity index (χ4n) is 4.89. The Balaban J connectivity index is 1.55. The van der Waals surface area contributed by atoms with E-state index in [1.807, 2.05) is 11.8 Å². The second kappa shape index (κ2) is 8.67. The van der Waals surface area contributed by atoms with E-state index in [1.54, 1.807) is 0 Å². The Kier molecular flexibility index (Phi) is 6.01. The summed E-state index contributed by atoms with van der Waals surface area (Å²) >= 11 is 0. The number of piperidine rings is 1. The van der Waals surface area contributed by atoms with Gasteiger partial charge in [0, 0.05) is 39.0 Å². The third-order valence-corrected chi connectivity index (χ3v) is 6.22. The van der Waals surface area contributed by atoms with Crippen molar-refractivity contribution in [2.45, 2.75) is 65.7 Å². The molecule has 2 aromatic heterocycles. The van der Waals surface area contributed by atoms with Gasteiger partial charge < -0.3 is 14.3 Å². The first kappa shape index (κ1) is 20.1. The second-order valence-corrected chi connectivity index (χ2v) is 9.06. The van der Waals surface area contributed by atoms with Crippen molar-refractivity contribution in [3.8, 4) is 0 Å². The molecule has 2 aliphatic heterocycles. The van der Waals surface area contributed by atoms with Crippen LogP contribution in [-0.4, -0.2) is 52.1 Å². The van der Waals surface area contributed by atoms with Crippen LogP contribution in [0, 0.1) is 18.8 Å². The maximum absolute atomic E-state index is 12.7. The summed E-state index contributed by atoms with van der Waals surface area (Å²) in [6.07, 6.45) is 6.91. The van der Waals surface area contributed by atoms with Gasteiger partial charge in [-0.25, -0.2) is 4.98 Å². The van der Waals surface area contributed by atoms with Crippen LogP contribution in [0.15, 0.2) is 4.52 Å². The smallest absolute Gasteiger partial charge is 0.263 e. The quantitative estimate of drug-likeness (QED) is 0.779. The minimum atomic E-state index is 0.214. The van der Waals surface area contributed by atoms with Crippen LogP contribution in [-0.2, 0) is 11.2 Å². The molecule has 7 nitrogen and oxygen atoms in total. The molecule has 2 aromatic rings. The van der Waals surface area contributed by atoms with E-state index in [4.69, 9.17) is 9.51 Å². The topological polar surface area (TPSA) is 75.4 Å². The van der Waals surface area contributed by atoms with Gasteiger partial charge in [-0.3, -0.25) is 4.79 Å². The van der Waals surface area contributed by atoms with E-state index >= 15 is 0 Å². The largest absolute Gasteiger partial charge is 0.355 e. The first-order valence-electron chi connectivity index (χ1n) is 11.2. The predicted molar refractivity (Wildman–Crippen MR) is 113 cm³/mol. The first-order valence-corrected chi connectivity index (χ1v) is 11.2. The maximum Gasteiger partial charge on any atom is 0.263 e. The van der Waals surface area contributed by atoms with Crippen molar-refractivity contribution in [2.75, 3.05) is 31.1 Å². The molecule has 158 valence electrons. The van der Waals surface area contributed by atoms with Crippen molar-refractivity contribution in [2.24, 2.45) is 11.8 Å². The third kappa shape index (κ3) is 4.54. The number of rotatable bonds is 4. The zero-order valence-corrected chi connectivity index (χ0v) is 18.0. The summed E-state index contributed by atoms with van der Waals surface area (Å²) in [4.78, 5) is 26.5. The lowest BCUT2D eigenvalue weighted by molar-refractivity contribution is -0.131. The lowest BCUT2D eigenvalue weighted by Gasteiger charge is -2.36. The number of fused-ring (bicyclic) bond motifs is 1. The Bertz CT molecular complexity index is 846. The number of aryl methyl sites for hydroxylation is 2. The van der Waals surface area contributed by atoms with E-state index in [0.29, 0.717) is 36.2 Å². The van der Waals surface area contributed by atoms with E-state index in [0.717, 1.165) is 55.9 Å². The van der Waals surface area contributed by atoms with Gasteiger partial charge in [0.05, 0.1) is 5.69 Å². The normalized spacial score (nSPS) is 23.4. The summed E-state index contributed by atoms with van der Waals surface area (Å²) < 4.78 is 5.49. The molecule has 7 heteroatoms. The molecule has 0 aliphatic carbocycles. The van der Waals surface area contributed by atoms with Crippen LogP contribution in [0.4, 0.5) is 5.82 Å². The molecular formula is C22H33N5O2. The average molecular weight is 400 g/mol. The summed E-state index contributed by atoms with van der Waals surface area (Å²) in [5.74, 6) is 3.06. The number of carbonyl (C=O) groups is 1. The number of hydrogen-bond donors (Lipinski definition) is 0. The van der Waals surface area contributed by atoms with Crippen LogP contribution >= 0.6 is 0 Å². The van der Waals surface area contributed by atoms with Crippen molar-refractivity contribution in [1.82, 2.24) is 20.0 Å². The van der Waals surface area contributed by atoms with Crippen LogP contribution in [0.2, 0.25) is 0 Å². The molecule has 2 aliphatic rings. The monoisotopic (exact) mass is 399 g/mol. The van der Waals surface area contributed by atoms with E-state index in [9.17, 15) is 4.79 Å². The fraction of sp³-hybridized carbons (Fsp3) is 0.727. The molecule has 2 saturated heterocycles. The van der Waals surface area contributed by atoms with Crippen molar-refractivity contribution in [3.05, 3.63) is 11.5 Å². The van der Waals surface area contributed by atoms with Gasteiger partial charge in [-0.1, -0.05) is 31.8 Å². The van der Waals surface area contributed by atoms with E-state index in [-0.39, 0.29) is 5.91 Å². The summed E-state index contributed by atoms with van der Waals surface area (Å²) in [6, 6.07) is 0. The first-order chi connectivity index (χ1) is 14.0. The minimum absolute atomic E-state index is 0.214. The Morgan fingerprint density at radius 2 is 1.76 bits per heavy atom. The number of anilines is 1. The van der Waals surface area contributed by atoms with Crippen LogP contribution < -0.4 is 4.90 Å². The summed E-state index contributed by atoms with van der Waals surface area (Å²) in [6.45, 7) is 10.3. The van der Waals surface area contributed by atoms with Gasteiger partial charge in [0.15, 0.2) is 0 Å². The Labute approximate surface area is 172 Å². The van der Waals surface area contributed by atoms with Crippen molar-refractivity contribution in [1.29, 1.82) is 0 Å². The second-order valence-electron chi connectivity index (χ2n) is 9.06. The number of amides is 1. The lowest BCUT2D eigenvalue weighted by atomic mass is 9.92. The molecule has 0 N–H and O–H groups in total. The standard InChI is InChI=1S/C22H33N5O2/c1-15-12-16(2)14-27(13-15)21-20-17(3)25-29-22(20)24-18(23-21)8-9-19(28)26-10-6-4-5-7-11-26/h15-16H,4-14H2,1-3H3. The van der Waals surface area contributed by atoms with Gasteiger partial charge in [-0.05, 0) is 38.0 Å². The Morgan fingerprint density at radius 1 is 1.07 bits per heavy atom. The van der Waals surface area contributed by atoms with Crippen molar-refractivity contribution in [3.63, 3.8) is 0 Å². The number of aromatic nitrogens is 3. The molecule has 0 spiro atoms. The fourth-order valence-corrected chi connectivity index (χ4v) is 4.89. The molecular weight excluding hydrogens is 366 g/mol. The molecule has 4 rings (SSSR count).